The fraction of sp³-hybridized carbons (Fsp3) is 0.444. The molecule has 0 saturated carbocycles. The van der Waals surface area contributed by atoms with Crippen molar-refractivity contribution in [3.8, 4) is 0 Å². The van der Waals surface area contributed by atoms with Crippen molar-refractivity contribution in [3.05, 3.63) is 70.9 Å². The first-order valence-corrected chi connectivity index (χ1v) is 12.1. The normalized spacial score (nSPS) is 18.0. The van der Waals surface area contributed by atoms with Crippen molar-refractivity contribution in [2.75, 3.05) is 39.4 Å². The van der Waals surface area contributed by atoms with E-state index in [4.69, 9.17) is 4.74 Å². The molecule has 0 unspecified atom stereocenters. The number of likely N-dealkylation sites (tertiary alicyclic amines) is 1. The van der Waals surface area contributed by atoms with Crippen LogP contribution in [0, 0.1) is 18.6 Å². The van der Waals surface area contributed by atoms with Gasteiger partial charge in [0.1, 0.15) is 18.2 Å². The quantitative estimate of drug-likeness (QED) is 0.556. The Morgan fingerprint density at radius 1 is 0.971 bits per heavy atom. The first kappa shape index (κ1) is 23.0. The molecule has 1 aromatic heterocycles. The van der Waals surface area contributed by atoms with Crippen LogP contribution in [0.2, 0.25) is 0 Å². The number of carbonyl (C=O) groups excluding carboxylic acids is 1. The van der Waals surface area contributed by atoms with E-state index in [-0.39, 0.29) is 17.4 Å². The van der Waals surface area contributed by atoms with Crippen LogP contribution in [0.5, 0.6) is 0 Å². The van der Waals surface area contributed by atoms with E-state index in [0.717, 1.165) is 49.1 Å². The van der Waals surface area contributed by atoms with Gasteiger partial charge in [0.25, 0.3) is 0 Å². The third-order valence-corrected chi connectivity index (χ3v) is 7.40. The van der Waals surface area contributed by atoms with E-state index in [1.54, 1.807) is 0 Å². The van der Waals surface area contributed by atoms with Gasteiger partial charge in [0, 0.05) is 41.8 Å². The molecule has 7 heteroatoms. The molecule has 0 radical (unpaired) electrons. The minimum atomic E-state index is -0.442. The summed E-state index contributed by atoms with van der Waals surface area (Å²) in [7, 11) is 0. The van der Waals surface area contributed by atoms with Crippen LogP contribution in [-0.4, -0.2) is 59.7 Å². The van der Waals surface area contributed by atoms with Crippen LogP contribution in [0.15, 0.2) is 42.5 Å². The lowest BCUT2D eigenvalue weighted by molar-refractivity contribution is -0.135. The van der Waals surface area contributed by atoms with Gasteiger partial charge in [-0.25, -0.2) is 8.78 Å². The largest absolute Gasteiger partial charge is 0.378 e. The minimum absolute atomic E-state index is 0.0916. The molecule has 3 heterocycles. The smallest absolute Gasteiger partial charge is 0.242 e. The number of ether oxygens (including phenoxy) is 1. The molecule has 5 rings (SSSR count). The number of fused-ring (bicyclic) bond motifs is 1. The SMILES string of the molecule is Cc1c(CN2CCC(c3c(F)cccc3F)CC2)c2ccccc2n1CC(=O)N1CCOCC1. The summed E-state index contributed by atoms with van der Waals surface area (Å²) >= 11 is 0. The van der Waals surface area contributed by atoms with Crippen LogP contribution in [0.3, 0.4) is 0 Å². The summed E-state index contributed by atoms with van der Waals surface area (Å²) in [6.45, 7) is 7.20. The summed E-state index contributed by atoms with van der Waals surface area (Å²) in [6.07, 6.45) is 1.45. The van der Waals surface area contributed by atoms with Crippen molar-refractivity contribution in [1.29, 1.82) is 0 Å². The predicted molar refractivity (Wildman–Crippen MR) is 128 cm³/mol. The van der Waals surface area contributed by atoms with Crippen LogP contribution in [0.4, 0.5) is 8.78 Å². The molecule has 0 N–H and O–H groups in total. The average Bonchev–Trinajstić information content (AvgIpc) is 3.11. The number of rotatable bonds is 5. The second-order valence-electron chi connectivity index (χ2n) is 9.35. The Hall–Kier alpha value is -2.77. The van der Waals surface area contributed by atoms with Gasteiger partial charge in [-0.1, -0.05) is 24.3 Å². The summed E-state index contributed by atoms with van der Waals surface area (Å²) in [5, 5.41) is 1.16. The zero-order valence-corrected chi connectivity index (χ0v) is 19.6. The number of piperidine rings is 1. The maximum absolute atomic E-state index is 14.3. The molecular weight excluding hydrogens is 436 g/mol. The van der Waals surface area contributed by atoms with Gasteiger partial charge in [-0.2, -0.15) is 0 Å². The average molecular weight is 468 g/mol. The van der Waals surface area contributed by atoms with Crippen LogP contribution in [0.25, 0.3) is 10.9 Å². The number of benzene rings is 2. The van der Waals surface area contributed by atoms with Gasteiger partial charge in [-0.15, -0.1) is 0 Å². The van der Waals surface area contributed by atoms with Gasteiger partial charge in [0.05, 0.1) is 13.2 Å². The summed E-state index contributed by atoms with van der Waals surface area (Å²) in [4.78, 5) is 17.2. The van der Waals surface area contributed by atoms with Crippen molar-refractivity contribution in [3.63, 3.8) is 0 Å². The molecule has 2 saturated heterocycles. The number of amides is 1. The van der Waals surface area contributed by atoms with E-state index in [9.17, 15) is 13.6 Å². The van der Waals surface area contributed by atoms with Crippen LogP contribution >= 0.6 is 0 Å². The highest BCUT2D eigenvalue weighted by atomic mass is 19.1. The predicted octanol–water partition coefficient (Wildman–Crippen LogP) is 4.47. The van der Waals surface area contributed by atoms with Crippen molar-refractivity contribution in [2.45, 2.75) is 38.8 Å². The highest BCUT2D eigenvalue weighted by Gasteiger charge is 2.27. The number of morpholine rings is 1. The Balaban J connectivity index is 1.33. The molecule has 5 nitrogen and oxygen atoms in total. The topological polar surface area (TPSA) is 37.7 Å². The lowest BCUT2D eigenvalue weighted by Crippen LogP contribution is -2.42. The summed E-state index contributed by atoms with van der Waals surface area (Å²) in [5.74, 6) is -0.859. The van der Waals surface area contributed by atoms with Crippen molar-refractivity contribution in [1.82, 2.24) is 14.4 Å². The molecule has 0 aliphatic carbocycles. The second kappa shape index (κ2) is 9.84. The fourth-order valence-electron chi connectivity index (χ4n) is 5.46. The molecule has 180 valence electrons. The maximum atomic E-state index is 14.3. The number of carbonyl (C=O) groups is 1. The van der Waals surface area contributed by atoms with Gasteiger partial charge in [-0.05, 0) is 62.5 Å². The number of aromatic nitrogens is 1. The van der Waals surface area contributed by atoms with E-state index in [1.807, 2.05) is 17.0 Å². The molecule has 3 aromatic rings. The Kier molecular flexibility index (Phi) is 6.66. The first-order valence-electron chi connectivity index (χ1n) is 12.1. The van der Waals surface area contributed by atoms with E-state index < -0.39 is 11.6 Å². The van der Waals surface area contributed by atoms with Crippen LogP contribution < -0.4 is 0 Å². The zero-order valence-electron chi connectivity index (χ0n) is 19.6. The minimum Gasteiger partial charge on any atom is -0.378 e. The molecule has 34 heavy (non-hydrogen) atoms. The molecule has 0 spiro atoms. The van der Waals surface area contributed by atoms with Crippen molar-refractivity contribution < 1.29 is 18.3 Å². The van der Waals surface area contributed by atoms with Crippen LogP contribution in [0.1, 0.15) is 35.6 Å². The molecule has 2 fully saturated rings. The van der Waals surface area contributed by atoms with Crippen molar-refractivity contribution in [2.24, 2.45) is 0 Å². The second-order valence-corrected chi connectivity index (χ2v) is 9.35. The molecule has 2 aliphatic rings. The zero-order chi connectivity index (χ0) is 23.7. The third-order valence-electron chi connectivity index (χ3n) is 7.40. The van der Waals surface area contributed by atoms with Gasteiger partial charge >= 0.3 is 0 Å². The number of hydrogen-bond donors (Lipinski definition) is 0. The third kappa shape index (κ3) is 4.46. The highest BCUT2D eigenvalue weighted by Crippen LogP contribution is 2.34. The molecule has 2 aliphatic heterocycles. The number of hydrogen-bond acceptors (Lipinski definition) is 3. The standard InChI is InChI=1S/C27H31F2N3O2/c1-19-22(17-30-11-9-20(10-12-30)27-23(28)6-4-7-24(27)29)21-5-2-3-8-25(21)32(19)18-26(33)31-13-15-34-16-14-31/h2-8,20H,9-18H2,1H3. The van der Waals surface area contributed by atoms with Gasteiger partial charge in [0.15, 0.2) is 0 Å². The van der Waals surface area contributed by atoms with E-state index in [1.165, 1.54) is 23.8 Å². The van der Waals surface area contributed by atoms with Gasteiger partial charge in [-0.3, -0.25) is 9.69 Å². The molecule has 0 bridgehead atoms. The molecule has 0 atom stereocenters. The van der Waals surface area contributed by atoms with Gasteiger partial charge < -0.3 is 14.2 Å². The monoisotopic (exact) mass is 467 g/mol. The Bertz CT molecular complexity index is 1160. The van der Waals surface area contributed by atoms with Crippen molar-refractivity contribution >= 4 is 16.8 Å². The number of halogens is 2. The lowest BCUT2D eigenvalue weighted by atomic mass is 9.88. The Morgan fingerprint density at radius 3 is 2.35 bits per heavy atom. The van der Waals surface area contributed by atoms with E-state index in [0.29, 0.717) is 32.8 Å². The fourth-order valence-corrected chi connectivity index (χ4v) is 5.46. The summed E-state index contributed by atoms with van der Waals surface area (Å²) in [5.41, 5.74) is 3.63. The number of nitrogens with zero attached hydrogens (tertiary/aromatic N) is 3. The highest BCUT2D eigenvalue weighted by molar-refractivity contribution is 5.87. The maximum Gasteiger partial charge on any atom is 0.242 e. The summed E-state index contributed by atoms with van der Waals surface area (Å²) < 4.78 is 36.0. The summed E-state index contributed by atoms with van der Waals surface area (Å²) in [6, 6.07) is 12.4. The Morgan fingerprint density at radius 2 is 1.65 bits per heavy atom. The number of para-hydroxylation sites is 1. The van der Waals surface area contributed by atoms with E-state index >= 15 is 0 Å². The van der Waals surface area contributed by atoms with E-state index in [2.05, 4.69) is 28.5 Å². The Labute approximate surface area is 198 Å². The molecular formula is C27H31F2N3O2. The molecule has 1 amide bonds. The first-order chi connectivity index (χ1) is 16.5. The van der Waals surface area contributed by atoms with Gasteiger partial charge in [0.2, 0.25) is 5.91 Å². The lowest BCUT2D eigenvalue weighted by Gasteiger charge is -2.32. The van der Waals surface area contributed by atoms with Crippen LogP contribution in [-0.2, 0) is 22.6 Å². The molecule has 2 aromatic carbocycles.